The van der Waals surface area contributed by atoms with Gasteiger partial charge < -0.3 is 26.3 Å². The molecule has 0 bridgehead atoms. The molecule has 0 saturated heterocycles. The van der Waals surface area contributed by atoms with E-state index in [1.54, 1.807) is 27.1 Å². The van der Waals surface area contributed by atoms with E-state index in [4.69, 9.17) is 17.3 Å². The van der Waals surface area contributed by atoms with Gasteiger partial charge in [-0.25, -0.2) is 4.98 Å². The minimum atomic E-state index is -1.04. The van der Waals surface area contributed by atoms with E-state index in [1.165, 1.54) is 16.7 Å². The Morgan fingerprint density at radius 3 is 2.65 bits per heavy atom. The Balaban J connectivity index is 1.57. The average Bonchev–Trinajstić information content (AvgIpc) is 3.48. The number of nitrogens with one attached hydrogen (secondary N) is 4. The quantitative estimate of drug-likeness (QED) is 0.182. The Morgan fingerprint density at radius 1 is 1.06 bits per heavy atom. The summed E-state index contributed by atoms with van der Waals surface area (Å²) in [5.74, 6) is -0.989. The molecule has 0 fully saturated rings. The molecule has 1 aliphatic heterocycles. The first-order valence-corrected chi connectivity index (χ1v) is 17.4. The molecular weight excluding hydrogens is 646 g/mol. The zero-order valence-electron chi connectivity index (χ0n) is 27.9. The Hall–Kier alpha value is -3.90. The number of halogens is 1. The van der Waals surface area contributed by atoms with Crippen molar-refractivity contribution in [1.29, 1.82) is 0 Å². The van der Waals surface area contributed by atoms with Crippen LogP contribution < -0.4 is 21.7 Å². The number of nitrogens with two attached hydrogens (primary N) is 1. The molecule has 254 valence electrons. The van der Waals surface area contributed by atoms with Gasteiger partial charge in [-0.15, -0.1) is 0 Å². The van der Waals surface area contributed by atoms with Gasteiger partial charge in [0.2, 0.25) is 17.7 Å². The molecule has 0 aliphatic carbocycles. The number of fused-ring (bicyclic) bond motifs is 3. The van der Waals surface area contributed by atoms with Gasteiger partial charge in [-0.3, -0.25) is 19.7 Å². The SMILES string of the molecule is Cc1cc(Cl)c2c(c1)CNC(=O)C(Cc1c[nH]c3ccccc13)N(C)C(=O)C(CCCCN)NC(=O)C(C)(C)NCc1cccnc1S2. The number of nitrogens with zero attached hydrogens (tertiary/aromatic N) is 2. The monoisotopic (exact) mass is 689 g/mol. The number of aryl methyl sites for hydroxylation is 1. The minimum Gasteiger partial charge on any atom is -0.361 e. The Kier molecular flexibility index (Phi) is 11.5. The van der Waals surface area contributed by atoms with E-state index in [9.17, 15) is 14.4 Å². The zero-order chi connectivity index (χ0) is 34.4. The molecule has 2 aromatic heterocycles. The molecule has 2 aromatic carbocycles. The summed E-state index contributed by atoms with van der Waals surface area (Å²) in [6, 6.07) is 13.8. The predicted octanol–water partition coefficient (Wildman–Crippen LogP) is 4.86. The molecule has 2 unspecified atom stereocenters. The summed E-state index contributed by atoms with van der Waals surface area (Å²) in [4.78, 5) is 52.5. The highest BCUT2D eigenvalue weighted by Crippen LogP contribution is 2.38. The summed E-state index contributed by atoms with van der Waals surface area (Å²) in [6.45, 7) is 6.55. The van der Waals surface area contributed by atoms with Crippen LogP contribution in [-0.4, -0.2) is 63.8 Å². The van der Waals surface area contributed by atoms with Crippen molar-refractivity contribution in [2.45, 2.75) is 87.1 Å². The van der Waals surface area contributed by atoms with Gasteiger partial charge in [0.15, 0.2) is 0 Å². The van der Waals surface area contributed by atoms with Crippen molar-refractivity contribution in [3.05, 3.63) is 88.2 Å². The largest absolute Gasteiger partial charge is 0.361 e. The van der Waals surface area contributed by atoms with Gasteiger partial charge in [-0.05, 0) is 87.0 Å². The number of unbranched alkanes of at least 4 members (excludes halogenated alkanes) is 1. The number of amides is 3. The van der Waals surface area contributed by atoms with Crippen molar-refractivity contribution in [3.63, 3.8) is 0 Å². The van der Waals surface area contributed by atoms with Crippen molar-refractivity contribution in [2.24, 2.45) is 5.73 Å². The van der Waals surface area contributed by atoms with Crippen LogP contribution in [0.5, 0.6) is 0 Å². The lowest BCUT2D eigenvalue weighted by Gasteiger charge is -2.33. The van der Waals surface area contributed by atoms with Gasteiger partial charge >= 0.3 is 0 Å². The normalized spacial score (nSPS) is 19.3. The van der Waals surface area contributed by atoms with Gasteiger partial charge in [0.25, 0.3) is 0 Å². The summed E-state index contributed by atoms with van der Waals surface area (Å²) in [7, 11) is 1.63. The Labute approximate surface area is 291 Å². The molecule has 1 aliphatic rings. The lowest BCUT2D eigenvalue weighted by molar-refractivity contribution is -0.142. The van der Waals surface area contributed by atoms with Crippen LogP contribution in [0, 0.1) is 6.92 Å². The summed E-state index contributed by atoms with van der Waals surface area (Å²) < 4.78 is 0. The van der Waals surface area contributed by atoms with E-state index < -0.39 is 17.6 Å². The van der Waals surface area contributed by atoms with Crippen LogP contribution in [0.1, 0.15) is 55.4 Å². The first kappa shape index (κ1) is 35.4. The summed E-state index contributed by atoms with van der Waals surface area (Å²) in [5, 5.41) is 11.7. The fourth-order valence-corrected chi connectivity index (χ4v) is 7.30. The van der Waals surface area contributed by atoms with E-state index in [1.807, 2.05) is 61.7 Å². The number of hydrogen-bond donors (Lipinski definition) is 5. The predicted molar refractivity (Wildman–Crippen MR) is 191 cm³/mol. The number of carbonyl (C=O) groups excluding carboxylic acids is 3. The average molecular weight is 690 g/mol. The molecular formula is C36H44ClN7O3S. The highest BCUT2D eigenvalue weighted by Gasteiger charge is 2.36. The van der Waals surface area contributed by atoms with Crippen LogP contribution in [0.4, 0.5) is 0 Å². The Bertz CT molecular complexity index is 1790. The van der Waals surface area contributed by atoms with Crippen molar-refractivity contribution in [3.8, 4) is 0 Å². The zero-order valence-corrected chi connectivity index (χ0v) is 29.4. The maximum absolute atomic E-state index is 14.3. The van der Waals surface area contributed by atoms with Crippen LogP contribution in [-0.2, 0) is 33.9 Å². The number of pyridine rings is 1. The molecule has 5 rings (SSSR count). The van der Waals surface area contributed by atoms with Crippen molar-refractivity contribution < 1.29 is 14.4 Å². The number of H-pyrrole nitrogens is 1. The molecule has 3 heterocycles. The minimum absolute atomic E-state index is 0.194. The first-order valence-electron chi connectivity index (χ1n) is 16.2. The van der Waals surface area contributed by atoms with Gasteiger partial charge in [0.05, 0.1) is 10.6 Å². The fraction of sp³-hybridized carbons (Fsp3) is 0.389. The van der Waals surface area contributed by atoms with Crippen LogP contribution in [0.25, 0.3) is 10.9 Å². The summed E-state index contributed by atoms with van der Waals surface area (Å²) in [6.07, 6.45) is 5.60. The molecule has 48 heavy (non-hydrogen) atoms. The smallest absolute Gasteiger partial charge is 0.245 e. The lowest BCUT2D eigenvalue weighted by atomic mass is 9.99. The lowest BCUT2D eigenvalue weighted by Crippen LogP contribution is -2.59. The molecule has 0 radical (unpaired) electrons. The van der Waals surface area contributed by atoms with Crippen molar-refractivity contribution >= 4 is 52.0 Å². The van der Waals surface area contributed by atoms with Crippen molar-refractivity contribution in [2.75, 3.05) is 13.6 Å². The van der Waals surface area contributed by atoms with Crippen LogP contribution in [0.3, 0.4) is 0 Å². The molecule has 3 amide bonds. The standard InChI is InChI=1S/C36H44ClN7O3S/c1-22-16-25-20-41-32(45)30(18-24-19-40-28-12-6-5-11-26(24)28)44(4)34(46)29(13-7-8-14-38)43-35(47)36(2,3)42-21-23-10-9-15-39-33(23)48-31(25)27(37)17-22/h5-6,9-12,15-17,19,29-30,40,42H,7-8,13-14,18,20-21,38H2,1-4H3,(H,41,45)(H,43,47). The molecule has 12 heteroatoms. The maximum atomic E-state index is 14.3. The topological polar surface area (TPSA) is 145 Å². The van der Waals surface area contributed by atoms with E-state index in [0.29, 0.717) is 37.4 Å². The molecule has 10 nitrogen and oxygen atoms in total. The molecule has 2 atom stereocenters. The number of aromatic amines is 1. The second kappa shape index (κ2) is 15.5. The first-order chi connectivity index (χ1) is 23.0. The maximum Gasteiger partial charge on any atom is 0.245 e. The van der Waals surface area contributed by atoms with Crippen LogP contribution in [0.2, 0.25) is 5.02 Å². The fourth-order valence-electron chi connectivity index (χ4n) is 5.89. The summed E-state index contributed by atoms with van der Waals surface area (Å²) >= 11 is 8.25. The highest BCUT2D eigenvalue weighted by atomic mass is 35.5. The van der Waals surface area contributed by atoms with E-state index >= 15 is 0 Å². The number of para-hydroxylation sites is 1. The number of hydrogen-bond acceptors (Lipinski definition) is 7. The van der Waals surface area contributed by atoms with Crippen molar-refractivity contribution in [1.82, 2.24) is 30.8 Å². The molecule has 4 aromatic rings. The van der Waals surface area contributed by atoms with E-state index in [2.05, 4.69) is 25.9 Å². The number of aromatic nitrogens is 2. The van der Waals surface area contributed by atoms with E-state index in [0.717, 1.165) is 43.1 Å². The molecule has 0 spiro atoms. The number of rotatable bonds is 6. The van der Waals surface area contributed by atoms with E-state index in [-0.39, 0.29) is 30.7 Å². The molecule has 6 N–H and O–H groups in total. The van der Waals surface area contributed by atoms with Gasteiger partial charge in [-0.1, -0.05) is 53.7 Å². The third-order valence-corrected chi connectivity index (χ3v) is 10.5. The Morgan fingerprint density at radius 2 is 1.85 bits per heavy atom. The summed E-state index contributed by atoms with van der Waals surface area (Å²) in [5.41, 5.74) is 9.26. The van der Waals surface area contributed by atoms with Crippen LogP contribution >= 0.6 is 23.4 Å². The van der Waals surface area contributed by atoms with Gasteiger partial charge in [0.1, 0.15) is 17.1 Å². The third-order valence-electron chi connectivity index (χ3n) is 8.81. The van der Waals surface area contributed by atoms with Crippen LogP contribution in [0.15, 0.2) is 70.8 Å². The van der Waals surface area contributed by atoms with Gasteiger partial charge in [0, 0.05) is 54.8 Å². The van der Waals surface area contributed by atoms with Gasteiger partial charge in [-0.2, -0.15) is 0 Å². The second-order valence-corrected chi connectivity index (χ2v) is 14.2. The third kappa shape index (κ3) is 8.20. The number of likely N-dealkylation sites (N-methyl/N-ethyl adjacent to an activating group) is 1. The number of carbonyl (C=O) groups is 3. The molecule has 0 saturated carbocycles. The second-order valence-electron chi connectivity index (χ2n) is 12.8. The number of benzene rings is 2. The highest BCUT2D eigenvalue weighted by molar-refractivity contribution is 7.99.